The van der Waals surface area contributed by atoms with Crippen LogP contribution in [0.25, 0.3) is 0 Å². The Morgan fingerprint density at radius 1 is 0.952 bits per heavy atom. The van der Waals surface area contributed by atoms with E-state index in [1.165, 1.54) is 42.5 Å². The lowest BCUT2D eigenvalue weighted by Crippen LogP contribution is -2.14. The number of nitrogens with zero attached hydrogens (tertiary/aromatic N) is 2. The summed E-state index contributed by atoms with van der Waals surface area (Å²) in [6.07, 6.45) is 0. The fraction of sp³-hybridized carbons (Fsp3) is 0. The van der Waals surface area contributed by atoms with E-state index in [4.69, 9.17) is 16.3 Å². The van der Waals surface area contributed by atoms with Crippen LogP contribution in [0.5, 0.6) is 0 Å². The molecular weight excluding hydrogens is 288 g/mol. The summed E-state index contributed by atoms with van der Waals surface area (Å²) in [5, 5.41) is 17.4. The highest BCUT2D eigenvalue weighted by molar-refractivity contribution is 7.92. The molecule has 2 aromatic carbocycles. The predicted octanol–water partition coefficient (Wildman–Crippen LogP) is 1.81. The average Bonchev–Trinajstić information content (AvgIpc) is 2.49. The molecule has 104 valence electrons. The van der Waals surface area contributed by atoms with Crippen molar-refractivity contribution in [2.24, 2.45) is 0 Å². The Balaban J connectivity index is 2.33. The summed E-state index contributed by atoms with van der Waals surface area (Å²) in [4.78, 5) is 0.0188. The maximum absolute atomic E-state index is 12.2. The van der Waals surface area contributed by atoms with Gasteiger partial charge in [-0.2, -0.15) is 10.5 Å². The lowest BCUT2D eigenvalue weighted by Gasteiger charge is -2.10. The van der Waals surface area contributed by atoms with Crippen molar-refractivity contribution in [1.29, 1.82) is 10.5 Å². The number of nitrogens with two attached hydrogens (primary N) is 1. The van der Waals surface area contributed by atoms with E-state index in [-0.39, 0.29) is 16.3 Å². The minimum atomic E-state index is -3.80. The number of hydrogen-bond acceptors (Lipinski definition) is 5. The normalized spacial score (nSPS) is 10.4. The van der Waals surface area contributed by atoms with Crippen LogP contribution in [0.3, 0.4) is 0 Å². The second-order valence-corrected chi connectivity index (χ2v) is 5.84. The molecule has 0 aromatic heterocycles. The zero-order valence-corrected chi connectivity index (χ0v) is 11.6. The molecule has 0 aliphatic rings. The molecule has 2 rings (SSSR count). The summed E-state index contributed by atoms with van der Waals surface area (Å²) in [6, 6.07) is 13.6. The van der Waals surface area contributed by atoms with Gasteiger partial charge in [0.2, 0.25) is 0 Å². The minimum Gasteiger partial charge on any atom is -0.397 e. The second kappa shape index (κ2) is 5.53. The van der Waals surface area contributed by atoms with Crippen LogP contribution in [-0.2, 0) is 10.0 Å². The standard InChI is InChI=1S/C14H10N4O2S/c15-8-10-1-4-12(5-2-10)21(19,20)18-14-6-3-11(9-16)7-13(14)17/h1-7,18H,17H2. The third-order valence-electron chi connectivity index (χ3n) is 2.72. The van der Waals surface area contributed by atoms with Gasteiger partial charge < -0.3 is 5.73 Å². The largest absolute Gasteiger partial charge is 0.397 e. The van der Waals surface area contributed by atoms with Crippen LogP contribution in [0.1, 0.15) is 11.1 Å². The van der Waals surface area contributed by atoms with Gasteiger partial charge in [0.25, 0.3) is 10.0 Å². The van der Waals surface area contributed by atoms with Crippen molar-refractivity contribution in [2.45, 2.75) is 4.90 Å². The van der Waals surface area contributed by atoms with E-state index in [1.54, 1.807) is 0 Å². The molecule has 6 nitrogen and oxygen atoms in total. The number of benzene rings is 2. The summed E-state index contributed by atoms with van der Waals surface area (Å²) >= 11 is 0. The Bertz CT molecular complexity index is 859. The number of sulfonamides is 1. The Hall–Kier alpha value is -3.03. The number of nitrogens with one attached hydrogen (secondary N) is 1. The summed E-state index contributed by atoms with van der Waals surface area (Å²) < 4.78 is 26.7. The quantitative estimate of drug-likeness (QED) is 0.837. The molecule has 0 amide bonds. The van der Waals surface area contributed by atoms with Crippen LogP contribution in [0.15, 0.2) is 47.4 Å². The van der Waals surface area contributed by atoms with E-state index in [9.17, 15) is 8.42 Å². The van der Waals surface area contributed by atoms with Gasteiger partial charge in [0.1, 0.15) is 0 Å². The zero-order chi connectivity index (χ0) is 15.5. The first-order chi connectivity index (χ1) is 9.96. The predicted molar refractivity (Wildman–Crippen MR) is 77.5 cm³/mol. The molecule has 0 aliphatic carbocycles. The molecule has 21 heavy (non-hydrogen) atoms. The average molecular weight is 298 g/mol. The fourth-order valence-electron chi connectivity index (χ4n) is 1.64. The lowest BCUT2D eigenvalue weighted by molar-refractivity contribution is 0.601. The number of anilines is 2. The van der Waals surface area contributed by atoms with Crippen molar-refractivity contribution < 1.29 is 8.42 Å². The van der Waals surface area contributed by atoms with E-state index >= 15 is 0 Å². The molecule has 0 radical (unpaired) electrons. The Morgan fingerprint density at radius 3 is 2.05 bits per heavy atom. The SMILES string of the molecule is N#Cc1ccc(S(=O)(=O)Nc2ccc(C#N)cc2N)cc1. The number of nitriles is 2. The second-order valence-electron chi connectivity index (χ2n) is 4.16. The molecule has 0 aliphatic heterocycles. The highest BCUT2D eigenvalue weighted by Gasteiger charge is 2.15. The molecule has 0 saturated heterocycles. The molecule has 0 saturated carbocycles. The molecule has 7 heteroatoms. The van der Waals surface area contributed by atoms with E-state index in [1.807, 2.05) is 12.1 Å². The van der Waals surface area contributed by atoms with Gasteiger partial charge in [-0.25, -0.2) is 8.42 Å². The molecule has 0 unspecified atom stereocenters. The van der Waals surface area contributed by atoms with Gasteiger partial charge in [-0.3, -0.25) is 4.72 Å². The molecule has 3 N–H and O–H groups in total. The van der Waals surface area contributed by atoms with Gasteiger partial charge in [-0.05, 0) is 42.5 Å². The van der Waals surface area contributed by atoms with Crippen molar-refractivity contribution in [1.82, 2.24) is 0 Å². The lowest BCUT2D eigenvalue weighted by atomic mass is 10.2. The van der Waals surface area contributed by atoms with Crippen molar-refractivity contribution in [3.8, 4) is 12.1 Å². The molecule has 0 bridgehead atoms. The van der Waals surface area contributed by atoms with Gasteiger partial charge in [0, 0.05) is 0 Å². The Morgan fingerprint density at radius 2 is 1.52 bits per heavy atom. The maximum atomic E-state index is 12.2. The van der Waals surface area contributed by atoms with Crippen molar-refractivity contribution in [3.63, 3.8) is 0 Å². The highest BCUT2D eigenvalue weighted by atomic mass is 32.2. The monoisotopic (exact) mass is 298 g/mol. The van der Waals surface area contributed by atoms with E-state index in [0.29, 0.717) is 11.1 Å². The van der Waals surface area contributed by atoms with Crippen LogP contribution in [0.2, 0.25) is 0 Å². The molecular formula is C14H10N4O2S. The van der Waals surface area contributed by atoms with E-state index in [0.717, 1.165) is 0 Å². The molecule has 0 heterocycles. The molecule has 0 atom stereocenters. The highest BCUT2D eigenvalue weighted by Crippen LogP contribution is 2.23. The van der Waals surface area contributed by atoms with Crippen LogP contribution in [0, 0.1) is 22.7 Å². The Labute approximate surface area is 122 Å². The molecule has 2 aromatic rings. The van der Waals surface area contributed by atoms with Crippen LogP contribution >= 0.6 is 0 Å². The smallest absolute Gasteiger partial charge is 0.261 e. The van der Waals surface area contributed by atoms with Gasteiger partial charge in [0.05, 0.1) is 39.5 Å². The third kappa shape index (κ3) is 3.11. The van der Waals surface area contributed by atoms with Crippen LogP contribution < -0.4 is 10.5 Å². The van der Waals surface area contributed by atoms with Crippen molar-refractivity contribution in [3.05, 3.63) is 53.6 Å². The summed E-state index contributed by atoms with van der Waals surface area (Å²) in [5.41, 5.74) is 6.77. The first kappa shape index (κ1) is 14.4. The van der Waals surface area contributed by atoms with Gasteiger partial charge in [-0.1, -0.05) is 0 Å². The van der Waals surface area contributed by atoms with E-state index in [2.05, 4.69) is 4.72 Å². The zero-order valence-electron chi connectivity index (χ0n) is 10.7. The number of hydrogen-bond donors (Lipinski definition) is 2. The minimum absolute atomic E-state index is 0.0188. The van der Waals surface area contributed by atoms with Gasteiger partial charge >= 0.3 is 0 Å². The summed E-state index contributed by atoms with van der Waals surface area (Å²) in [5.74, 6) is 0. The first-order valence-corrected chi connectivity index (χ1v) is 7.27. The fourth-order valence-corrected chi connectivity index (χ4v) is 2.73. The number of nitrogen functional groups attached to an aromatic ring is 1. The topological polar surface area (TPSA) is 120 Å². The summed E-state index contributed by atoms with van der Waals surface area (Å²) in [6.45, 7) is 0. The molecule has 0 fully saturated rings. The van der Waals surface area contributed by atoms with E-state index < -0.39 is 10.0 Å². The van der Waals surface area contributed by atoms with Crippen molar-refractivity contribution in [2.75, 3.05) is 10.5 Å². The third-order valence-corrected chi connectivity index (χ3v) is 4.10. The molecule has 0 spiro atoms. The summed E-state index contributed by atoms with van der Waals surface area (Å²) in [7, 11) is -3.80. The van der Waals surface area contributed by atoms with Gasteiger partial charge in [-0.15, -0.1) is 0 Å². The van der Waals surface area contributed by atoms with Crippen LogP contribution in [-0.4, -0.2) is 8.42 Å². The Kier molecular flexibility index (Phi) is 3.79. The maximum Gasteiger partial charge on any atom is 0.261 e. The van der Waals surface area contributed by atoms with Crippen LogP contribution in [0.4, 0.5) is 11.4 Å². The number of rotatable bonds is 3. The van der Waals surface area contributed by atoms with Gasteiger partial charge in [0.15, 0.2) is 0 Å². The van der Waals surface area contributed by atoms with Crippen molar-refractivity contribution >= 4 is 21.4 Å². The first-order valence-electron chi connectivity index (χ1n) is 5.79.